The van der Waals surface area contributed by atoms with Gasteiger partial charge in [0.05, 0.1) is 12.7 Å². The SMILES string of the molecule is COC(=O)c1ccc2c(c1)CCCC(c1ccc(F)cc1C)=C2OS(=O)(=O)C(F)(F)F. The summed E-state index contributed by atoms with van der Waals surface area (Å²) in [6.07, 6.45) is 0.961. The standard InChI is InChI=1S/C21H18F4O5S/c1-12-10-15(22)7-9-16(12)18-5-3-4-13-11-14(20(26)29-2)6-8-17(13)19(18)30-31(27,28)21(23,24)25/h6-11H,3-5H2,1-2H3. The number of fused-ring (bicyclic) bond motifs is 1. The number of allylic oxidation sites excluding steroid dienone is 1. The number of esters is 1. The number of methoxy groups -OCH3 is 1. The summed E-state index contributed by atoms with van der Waals surface area (Å²) < 4.78 is 85.9. The van der Waals surface area contributed by atoms with E-state index >= 15 is 0 Å². The van der Waals surface area contributed by atoms with E-state index in [9.17, 15) is 30.8 Å². The van der Waals surface area contributed by atoms with Gasteiger partial charge in [-0.1, -0.05) is 12.1 Å². The number of rotatable bonds is 4. The molecular formula is C21H18F4O5S. The highest BCUT2D eigenvalue weighted by atomic mass is 32.2. The minimum absolute atomic E-state index is 0.108. The lowest BCUT2D eigenvalue weighted by atomic mass is 9.95. The molecule has 0 atom stereocenters. The second-order valence-corrected chi connectivity index (χ2v) is 8.51. The number of carbonyl (C=O) groups excluding carboxylic acids is 1. The average Bonchev–Trinajstić information content (AvgIpc) is 2.85. The third-order valence-electron chi connectivity index (χ3n) is 4.91. The molecule has 166 valence electrons. The Morgan fingerprint density at radius 1 is 1.03 bits per heavy atom. The molecule has 5 nitrogen and oxygen atoms in total. The summed E-state index contributed by atoms with van der Waals surface area (Å²) in [6, 6.07) is 7.78. The molecule has 3 rings (SSSR count). The first-order valence-corrected chi connectivity index (χ1v) is 10.6. The zero-order chi connectivity index (χ0) is 23.0. The molecular weight excluding hydrogens is 440 g/mol. The Kier molecular flexibility index (Phi) is 6.13. The fourth-order valence-electron chi connectivity index (χ4n) is 3.47. The van der Waals surface area contributed by atoms with Crippen molar-refractivity contribution < 1.29 is 39.7 Å². The molecule has 0 amide bonds. The highest BCUT2D eigenvalue weighted by Crippen LogP contribution is 2.41. The Labute approximate surface area is 176 Å². The first-order chi connectivity index (χ1) is 14.4. The summed E-state index contributed by atoms with van der Waals surface area (Å²) in [5.74, 6) is -1.67. The van der Waals surface area contributed by atoms with Crippen LogP contribution in [0, 0.1) is 12.7 Å². The Hall–Kier alpha value is -2.88. The van der Waals surface area contributed by atoms with E-state index in [0.717, 1.165) is 6.07 Å². The predicted octanol–water partition coefficient (Wildman–Crippen LogP) is 4.99. The van der Waals surface area contributed by atoms with Crippen LogP contribution in [0.3, 0.4) is 0 Å². The van der Waals surface area contributed by atoms with Gasteiger partial charge in [0.2, 0.25) is 0 Å². The first-order valence-electron chi connectivity index (χ1n) is 9.16. The van der Waals surface area contributed by atoms with Crippen LogP contribution in [-0.2, 0) is 25.5 Å². The van der Waals surface area contributed by atoms with Crippen LogP contribution < -0.4 is 0 Å². The topological polar surface area (TPSA) is 69.7 Å². The third kappa shape index (κ3) is 4.58. The van der Waals surface area contributed by atoms with Gasteiger partial charge >= 0.3 is 21.6 Å². The van der Waals surface area contributed by atoms with Crippen LogP contribution in [0.25, 0.3) is 11.3 Å². The molecule has 1 aliphatic rings. The number of hydrogen-bond acceptors (Lipinski definition) is 5. The lowest BCUT2D eigenvalue weighted by molar-refractivity contribution is -0.0509. The van der Waals surface area contributed by atoms with E-state index in [4.69, 9.17) is 0 Å². The van der Waals surface area contributed by atoms with E-state index in [1.54, 1.807) is 6.92 Å². The van der Waals surface area contributed by atoms with Crippen LogP contribution in [-0.4, -0.2) is 27.0 Å². The van der Waals surface area contributed by atoms with Crippen LogP contribution in [0.1, 0.15) is 45.5 Å². The van der Waals surface area contributed by atoms with Gasteiger partial charge in [0.1, 0.15) is 5.82 Å². The zero-order valence-electron chi connectivity index (χ0n) is 16.5. The Morgan fingerprint density at radius 3 is 2.32 bits per heavy atom. The van der Waals surface area contributed by atoms with Crippen LogP contribution in [0.15, 0.2) is 36.4 Å². The number of carbonyl (C=O) groups is 1. The highest BCUT2D eigenvalue weighted by molar-refractivity contribution is 7.87. The largest absolute Gasteiger partial charge is 0.534 e. The molecule has 0 N–H and O–H groups in total. The fourth-order valence-corrected chi connectivity index (χ4v) is 3.98. The smallest absolute Gasteiger partial charge is 0.465 e. The normalized spacial score (nSPS) is 14.6. The van der Waals surface area contributed by atoms with Crippen molar-refractivity contribution in [2.75, 3.05) is 7.11 Å². The lowest BCUT2D eigenvalue weighted by Crippen LogP contribution is -2.25. The molecule has 2 aromatic rings. The van der Waals surface area contributed by atoms with E-state index in [1.807, 2.05) is 0 Å². The maximum absolute atomic E-state index is 13.6. The first kappa shape index (κ1) is 22.8. The van der Waals surface area contributed by atoms with Crippen molar-refractivity contribution in [3.8, 4) is 0 Å². The number of ether oxygens (including phenoxy) is 1. The van der Waals surface area contributed by atoms with E-state index in [2.05, 4.69) is 8.92 Å². The molecule has 2 aromatic carbocycles. The van der Waals surface area contributed by atoms with E-state index in [1.165, 1.54) is 37.4 Å². The molecule has 0 bridgehead atoms. The van der Waals surface area contributed by atoms with Gasteiger partial charge in [-0.25, -0.2) is 9.18 Å². The molecule has 0 spiro atoms. The highest BCUT2D eigenvalue weighted by Gasteiger charge is 2.49. The predicted molar refractivity (Wildman–Crippen MR) is 105 cm³/mol. The number of halogens is 4. The van der Waals surface area contributed by atoms with E-state index in [0.29, 0.717) is 29.5 Å². The van der Waals surface area contributed by atoms with Crippen molar-refractivity contribution >= 4 is 27.4 Å². The van der Waals surface area contributed by atoms with Crippen LogP contribution in [0.2, 0.25) is 0 Å². The zero-order valence-corrected chi connectivity index (χ0v) is 17.4. The van der Waals surface area contributed by atoms with Gasteiger partial charge in [0, 0.05) is 11.1 Å². The Balaban J connectivity index is 2.28. The minimum atomic E-state index is -5.97. The summed E-state index contributed by atoms with van der Waals surface area (Å²) in [6.45, 7) is 1.56. The second-order valence-electron chi connectivity index (χ2n) is 6.97. The molecule has 10 heteroatoms. The van der Waals surface area contributed by atoms with Gasteiger partial charge in [0.25, 0.3) is 0 Å². The molecule has 0 heterocycles. The number of benzene rings is 2. The summed E-state index contributed by atoms with van der Waals surface area (Å²) >= 11 is 0. The van der Waals surface area contributed by atoms with Crippen molar-refractivity contribution in [3.63, 3.8) is 0 Å². The number of alkyl halides is 3. The molecule has 0 saturated carbocycles. The van der Waals surface area contributed by atoms with E-state index in [-0.39, 0.29) is 23.1 Å². The Bertz CT molecular complexity index is 1170. The molecule has 31 heavy (non-hydrogen) atoms. The molecule has 0 unspecified atom stereocenters. The molecule has 0 fully saturated rings. The van der Waals surface area contributed by atoms with Gasteiger partial charge < -0.3 is 8.92 Å². The molecule has 0 saturated heterocycles. The van der Waals surface area contributed by atoms with Crippen molar-refractivity contribution in [2.24, 2.45) is 0 Å². The van der Waals surface area contributed by atoms with Gasteiger partial charge in [-0.15, -0.1) is 0 Å². The van der Waals surface area contributed by atoms with Crippen LogP contribution in [0.4, 0.5) is 17.6 Å². The molecule has 0 aliphatic heterocycles. The summed E-state index contributed by atoms with van der Waals surface area (Å²) in [5, 5.41) is 0. The van der Waals surface area contributed by atoms with Crippen LogP contribution >= 0.6 is 0 Å². The fraction of sp³-hybridized carbons (Fsp3) is 0.286. The van der Waals surface area contributed by atoms with Gasteiger partial charge in [-0.2, -0.15) is 21.6 Å². The summed E-state index contributed by atoms with van der Waals surface area (Å²) in [7, 11) is -4.78. The third-order valence-corrected chi connectivity index (χ3v) is 5.86. The number of aryl methyl sites for hydroxylation is 2. The molecule has 0 aromatic heterocycles. The second kappa shape index (κ2) is 8.33. The quantitative estimate of drug-likeness (QED) is 0.279. The van der Waals surface area contributed by atoms with Crippen molar-refractivity contribution in [3.05, 3.63) is 70.0 Å². The lowest BCUT2D eigenvalue weighted by Gasteiger charge is -2.18. The maximum atomic E-state index is 13.6. The Morgan fingerprint density at radius 2 is 1.71 bits per heavy atom. The van der Waals surface area contributed by atoms with Gasteiger partial charge in [0.15, 0.2) is 5.76 Å². The minimum Gasteiger partial charge on any atom is -0.465 e. The number of hydrogen-bond donors (Lipinski definition) is 0. The summed E-state index contributed by atoms with van der Waals surface area (Å²) in [5.41, 5.74) is -3.94. The molecule has 0 radical (unpaired) electrons. The summed E-state index contributed by atoms with van der Waals surface area (Å²) in [4.78, 5) is 11.8. The molecule has 1 aliphatic carbocycles. The van der Waals surface area contributed by atoms with E-state index < -0.39 is 33.2 Å². The van der Waals surface area contributed by atoms with Gasteiger partial charge in [-0.05, 0) is 67.1 Å². The average molecular weight is 458 g/mol. The van der Waals surface area contributed by atoms with Crippen molar-refractivity contribution in [1.29, 1.82) is 0 Å². The van der Waals surface area contributed by atoms with Crippen molar-refractivity contribution in [1.82, 2.24) is 0 Å². The van der Waals surface area contributed by atoms with Gasteiger partial charge in [-0.3, -0.25) is 0 Å². The maximum Gasteiger partial charge on any atom is 0.534 e. The van der Waals surface area contributed by atoms with Crippen LogP contribution in [0.5, 0.6) is 0 Å². The monoisotopic (exact) mass is 458 g/mol. The van der Waals surface area contributed by atoms with Crippen molar-refractivity contribution in [2.45, 2.75) is 31.7 Å².